The van der Waals surface area contributed by atoms with Gasteiger partial charge in [-0.05, 0) is 51.8 Å². The highest BCUT2D eigenvalue weighted by Gasteiger charge is 2.35. The zero-order valence-electron chi connectivity index (χ0n) is 12.2. The third kappa shape index (κ3) is 3.25. The number of rotatable bonds is 3. The average molecular weight is 298 g/mol. The van der Waals surface area contributed by atoms with Gasteiger partial charge in [0.05, 0.1) is 5.69 Å². The lowest BCUT2D eigenvalue weighted by atomic mass is 9.98. The van der Waals surface area contributed by atoms with Gasteiger partial charge < -0.3 is 10.4 Å². The third-order valence-corrected chi connectivity index (χ3v) is 4.56. The summed E-state index contributed by atoms with van der Waals surface area (Å²) < 4.78 is 0. The van der Waals surface area contributed by atoms with Crippen LogP contribution in [0.2, 0.25) is 0 Å². The Labute approximate surface area is 127 Å². The van der Waals surface area contributed by atoms with E-state index in [2.05, 4.69) is 22.2 Å². The highest BCUT2D eigenvalue weighted by atomic mass is 35.5. The molecule has 2 aliphatic rings. The summed E-state index contributed by atoms with van der Waals surface area (Å²) in [6.07, 6.45) is 5.09. The summed E-state index contributed by atoms with van der Waals surface area (Å²) in [4.78, 5) is 6.81. The molecular weight excluding hydrogens is 274 g/mol. The molecule has 3 heterocycles. The number of nitrogens with zero attached hydrogens (tertiary/aromatic N) is 2. The first-order valence-electron chi connectivity index (χ1n) is 7.23. The fourth-order valence-electron chi connectivity index (χ4n) is 3.47. The third-order valence-electron chi connectivity index (χ3n) is 4.56. The number of nitrogens with one attached hydrogen (secondary N) is 1. The number of hydrogen-bond acceptors (Lipinski definition) is 4. The number of aryl methyl sites for hydroxylation is 1. The smallest absolute Gasteiger partial charge is 0.138 e. The van der Waals surface area contributed by atoms with Gasteiger partial charge in [0.25, 0.3) is 0 Å². The molecule has 2 unspecified atom stereocenters. The summed E-state index contributed by atoms with van der Waals surface area (Å²) >= 11 is 0. The molecule has 2 saturated heterocycles. The molecule has 0 aliphatic carbocycles. The largest absolute Gasteiger partial charge is 0.506 e. The Balaban J connectivity index is 0.00000147. The summed E-state index contributed by atoms with van der Waals surface area (Å²) in [6, 6.07) is 5.61. The Morgan fingerprint density at radius 1 is 1.30 bits per heavy atom. The van der Waals surface area contributed by atoms with Gasteiger partial charge in [-0.1, -0.05) is 0 Å². The lowest BCUT2D eigenvalue weighted by Gasteiger charge is -2.35. The van der Waals surface area contributed by atoms with Gasteiger partial charge in [0.2, 0.25) is 0 Å². The normalized spacial score (nSPS) is 28.4. The second-order valence-electron chi connectivity index (χ2n) is 6.10. The van der Waals surface area contributed by atoms with Gasteiger partial charge in [-0.15, -0.1) is 12.4 Å². The van der Waals surface area contributed by atoms with Gasteiger partial charge >= 0.3 is 0 Å². The minimum absolute atomic E-state index is 0. The van der Waals surface area contributed by atoms with E-state index < -0.39 is 0 Å². The van der Waals surface area contributed by atoms with Crippen molar-refractivity contribution in [1.29, 1.82) is 0 Å². The summed E-state index contributed by atoms with van der Waals surface area (Å²) in [5.41, 5.74) is 1.76. The van der Waals surface area contributed by atoms with E-state index in [1.165, 1.54) is 25.7 Å². The topological polar surface area (TPSA) is 48.4 Å². The first kappa shape index (κ1) is 15.5. The van der Waals surface area contributed by atoms with Crippen LogP contribution in [0.1, 0.15) is 37.1 Å². The van der Waals surface area contributed by atoms with Crippen molar-refractivity contribution in [2.45, 2.75) is 57.3 Å². The number of hydrogen-bond donors (Lipinski definition) is 2. The van der Waals surface area contributed by atoms with Crippen LogP contribution in [-0.4, -0.2) is 40.2 Å². The summed E-state index contributed by atoms with van der Waals surface area (Å²) in [5.74, 6) is 0.314. The highest BCUT2D eigenvalue weighted by Crippen LogP contribution is 2.30. The Morgan fingerprint density at radius 2 is 1.95 bits per heavy atom. The minimum atomic E-state index is 0. The molecule has 0 amide bonds. The molecule has 0 saturated carbocycles. The van der Waals surface area contributed by atoms with Crippen LogP contribution in [0.15, 0.2) is 12.1 Å². The Kier molecular flexibility index (Phi) is 4.89. The number of fused-ring (bicyclic) bond motifs is 2. The van der Waals surface area contributed by atoms with E-state index in [0.717, 1.165) is 17.9 Å². The maximum Gasteiger partial charge on any atom is 0.138 e. The number of pyridine rings is 1. The van der Waals surface area contributed by atoms with Crippen LogP contribution in [0.3, 0.4) is 0 Å². The quantitative estimate of drug-likeness (QED) is 0.898. The summed E-state index contributed by atoms with van der Waals surface area (Å²) in [6.45, 7) is 2.70. The zero-order valence-corrected chi connectivity index (χ0v) is 13.0. The predicted octanol–water partition coefficient (Wildman–Crippen LogP) is 2.23. The molecule has 3 rings (SSSR count). The number of aromatic hydroxyl groups is 1. The van der Waals surface area contributed by atoms with Crippen molar-refractivity contribution in [2.75, 3.05) is 7.05 Å². The van der Waals surface area contributed by atoms with E-state index >= 15 is 0 Å². The first-order chi connectivity index (χ1) is 9.11. The molecule has 2 bridgehead atoms. The van der Waals surface area contributed by atoms with E-state index in [0.29, 0.717) is 23.9 Å². The van der Waals surface area contributed by atoms with Crippen LogP contribution in [0.25, 0.3) is 0 Å². The van der Waals surface area contributed by atoms with Gasteiger partial charge in [0.15, 0.2) is 0 Å². The maximum absolute atomic E-state index is 9.90. The van der Waals surface area contributed by atoms with Crippen molar-refractivity contribution in [3.8, 4) is 5.75 Å². The van der Waals surface area contributed by atoms with Gasteiger partial charge in [0.1, 0.15) is 5.75 Å². The first-order valence-corrected chi connectivity index (χ1v) is 7.23. The molecule has 20 heavy (non-hydrogen) atoms. The molecule has 2 aliphatic heterocycles. The molecule has 5 heteroatoms. The van der Waals surface area contributed by atoms with Crippen molar-refractivity contribution in [3.05, 3.63) is 23.5 Å². The summed E-state index contributed by atoms with van der Waals surface area (Å²) in [7, 11) is 2.15. The van der Waals surface area contributed by atoms with Crippen molar-refractivity contribution in [2.24, 2.45) is 0 Å². The van der Waals surface area contributed by atoms with Gasteiger partial charge in [-0.3, -0.25) is 9.88 Å². The van der Waals surface area contributed by atoms with E-state index in [4.69, 9.17) is 0 Å². The highest BCUT2D eigenvalue weighted by molar-refractivity contribution is 5.85. The van der Waals surface area contributed by atoms with E-state index in [9.17, 15) is 5.11 Å². The molecule has 0 aromatic carbocycles. The molecular formula is C15H24ClN3O. The van der Waals surface area contributed by atoms with Gasteiger partial charge in [-0.2, -0.15) is 0 Å². The molecule has 0 spiro atoms. The Hall–Kier alpha value is -0.840. The monoisotopic (exact) mass is 297 g/mol. The van der Waals surface area contributed by atoms with Crippen LogP contribution in [0.5, 0.6) is 5.75 Å². The van der Waals surface area contributed by atoms with E-state index in [-0.39, 0.29) is 12.4 Å². The lowest BCUT2D eigenvalue weighted by Crippen LogP contribution is -2.46. The molecule has 1 aromatic heterocycles. The zero-order chi connectivity index (χ0) is 13.4. The minimum Gasteiger partial charge on any atom is -0.506 e. The number of piperidine rings is 1. The molecule has 0 radical (unpaired) electrons. The molecule has 2 fully saturated rings. The average Bonchev–Trinajstić information content (AvgIpc) is 2.72. The van der Waals surface area contributed by atoms with Crippen molar-refractivity contribution in [1.82, 2.24) is 15.2 Å². The van der Waals surface area contributed by atoms with Crippen LogP contribution in [0.4, 0.5) is 0 Å². The Morgan fingerprint density at radius 3 is 2.60 bits per heavy atom. The van der Waals surface area contributed by atoms with Crippen molar-refractivity contribution < 1.29 is 5.11 Å². The van der Waals surface area contributed by atoms with Crippen LogP contribution >= 0.6 is 12.4 Å². The second-order valence-corrected chi connectivity index (χ2v) is 6.10. The SMILES string of the molecule is Cc1ccc(O)c(CN(C)C2CC3CCC(C2)N3)n1.Cl. The molecule has 2 atom stereocenters. The Bertz CT molecular complexity index is 456. The van der Waals surface area contributed by atoms with Crippen LogP contribution < -0.4 is 5.32 Å². The van der Waals surface area contributed by atoms with E-state index in [1.54, 1.807) is 6.07 Å². The summed E-state index contributed by atoms with van der Waals surface area (Å²) in [5, 5.41) is 13.6. The maximum atomic E-state index is 9.90. The molecule has 4 nitrogen and oxygen atoms in total. The van der Waals surface area contributed by atoms with Crippen molar-refractivity contribution in [3.63, 3.8) is 0 Å². The number of halogens is 1. The van der Waals surface area contributed by atoms with Crippen LogP contribution in [-0.2, 0) is 6.54 Å². The fourth-order valence-corrected chi connectivity index (χ4v) is 3.47. The molecule has 112 valence electrons. The van der Waals surface area contributed by atoms with Crippen molar-refractivity contribution >= 4 is 12.4 Å². The molecule has 2 N–H and O–H groups in total. The van der Waals surface area contributed by atoms with Crippen LogP contribution in [0, 0.1) is 6.92 Å². The van der Waals surface area contributed by atoms with E-state index in [1.807, 2.05) is 13.0 Å². The van der Waals surface area contributed by atoms with Gasteiger partial charge in [0, 0.05) is 30.4 Å². The predicted molar refractivity (Wildman–Crippen MR) is 82.3 cm³/mol. The fraction of sp³-hybridized carbons (Fsp3) is 0.667. The standard InChI is InChI=1S/C15H23N3O.ClH/c1-10-3-6-15(19)14(16-10)9-18(2)13-7-11-4-5-12(8-13)17-11;/h3,6,11-13,17,19H,4-5,7-9H2,1-2H3;1H. The molecule has 1 aromatic rings. The van der Waals surface area contributed by atoms with Gasteiger partial charge in [-0.25, -0.2) is 0 Å². The lowest BCUT2D eigenvalue weighted by molar-refractivity contribution is 0.163. The second kappa shape index (κ2) is 6.29. The number of aromatic nitrogens is 1.